The first-order valence-corrected chi connectivity index (χ1v) is 9.03. The second-order valence-electron chi connectivity index (χ2n) is 6.82. The van der Waals surface area contributed by atoms with E-state index >= 15 is 0 Å². The van der Waals surface area contributed by atoms with Crippen LogP contribution in [0.2, 0.25) is 0 Å². The highest BCUT2D eigenvalue weighted by Gasteiger charge is 2.27. The summed E-state index contributed by atoms with van der Waals surface area (Å²) >= 11 is 0. The van der Waals surface area contributed by atoms with Crippen molar-refractivity contribution in [3.8, 4) is 6.07 Å². The monoisotopic (exact) mass is 399 g/mol. The minimum atomic E-state index is -0.993. The van der Waals surface area contributed by atoms with E-state index in [1.165, 1.54) is 6.08 Å². The van der Waals surface area contributed by atoms with Gasteiger partial charge in [0.15, 0.2) is 6.61 Å². The van der Waals surface area contributed by atoms with Crippen LogP contribution in [-0.4, -0.2) is 23.1 Å². The standard InChI is InChI=1S/C21H19F2N3O3/c1-12-8-14(13(2)26(12)16-6-7-16)9-15(10-24)21(28)29-11-19(27)25-20-17(22)4-3-5-18(20)23/h3-5,8-9,16H,6-7,11H2,1-2H3,(H,25,27)/b15-9+. The molecule has 1 aliphatic carbocycles. The molecule has 1 heterocycles. The number of halogens is 2. The maximum atomic E-state index is 13.6. The molecule has 0 bridgehead atoms. The fourth-order valence-electron chi connectivity index (χ4n) is 3.14. The maximum Gasteiger partial charge on any atom is 0.349 e. The normalized spacial score (nSPS) is 13.7. The van der Waals surface area contributed by atoms with Gasteiger partial charge in [-0.2, -0.15) is 5.26 Å². The lowest BCUT2D eigenvalue weighted by molar-refractivity contribution is -0.142. The van der Waals surface area contributed by atoms with E-state index in [1.807, 2.05) is 25.2 Å². The number of ether oxygens (including phenoxy) is 1. The highest BCUT2D eigenvalue weighted by molar-refractivity contribution is 6.00. The molecule has 29 heavy (non-hydrogen) atoms. The first-order chi connectivity index (χ1) is 13.8. The summed E-state index contributed by atoms with van der Waals surface area (Å²) < 4.78 is 34.1. The summed E-state index contributed by atoms with van der Waals surface area (Å²) in [5, 5.41) is 11.3. The Labute approximate surface area is 166 Å². The van der Waals surface area contributed by atoms with Crippen LogP contribution < -0.4 is 5.32 Å². The van der Waals surface area contributed by atoms with Crippen molar-refractivity contribution in [2.24, 2.45) is 0 Å². The van der Waals surface area contributed by atoms with E-state index in [0.717, 1.165) is 48.0 Å². The smallest absolute Gasteiger partial charge is 0.349 e. The summed E-state index contributed by atoms with van der Waals surface area (Å²) in [6, 6.07) is 7.23. The van der Waals surface area contributed by atoms with Gasteiger partial charge in [-0.1, -0.05) is 6.07 Å². The number of anilines is 1. The van der Waals surface area contributed by atoms with Crippen LogP contribution in [0.5, 0.6) is 0 Å². The number of carbonyl (C=O) groups excluding carboxylic acids is 2. The van der Waals surface area contributed by atoms with Gasteiger partial charge in [0.1, 0.15) is 29.0 Å². The molecular weight excluding hydrogens is 380 g/mol. The molecular formula is C21H19F2N3O3. The number of benzene rings is 1. The lowest BCUT2D eigenvalue weighted by Crippen LogP contribution is -2.22. The van der Waals surface area contributed by atoms with Gasteiger partial charge in [0, 0.05) is 17.4 Å². The van der Waals surface area contributed by atoms with Crippen molar-refractivity contribution in [1.82, 2.24) is 4.57 Å². The summed E-state index contributed by atoms with van der Waals surface area (Å²) in [4.78, 5) is 24.0. The van der Waals surface area contributed by atoms with Gasteiger partial charge in [-0.3, -0.25) is 4.79 Å². The van der Waals surface area contributed by atoms with Crippen molar-refractivity contribution in [1.29, 1.82) is 5.26 Å². The van der Waals surface area contributed by atoms with E-state index in [9.17, 15) is 23.6 Å². The lowest BCUT2D eigenvalue weighted by atomic mass is 10.1. The summed E-state index contributed by atoms with van der Waals surface area (Å²) in [5.74, 6) is -3.82. The van der Waals surface area contributed by atoms with Crippen molar-refractivity contribution in [2.45, 2.75) is 32.7 Å². The van der Waals surface area contributed by atoms with Crippen LogP contribution in [-0.2, 0) is 14.3 Å². The van der Waals surface area contributed by atoms with E-state index in [1.54, 1.807) is 6.07 Å². The Morgan fingerprint density at radius 1 is 1.31 bits per heavy atom. The van der Waals surface area contributed by atoms with Crippen molar-refractivity contribution in [3.05, 3.63) is 58.4 Å². The Morgan fingerprint density at radius 2 is 1.97 bits per heavy atom. The van der Waals surface area contributed by atoms with Crippen LogP contribution in [0.1, 0.15) is 35.8 Å². The lowest BCUT2D eigenvalue weighted by Gasteiger charge is -2.08. The second kappa shape index (κ2) is 8.27. The zero-order chi connectivity index (χ0) is 21.1. The van der Waals surface area contributed by atoms with Crippen LogP contribution in [0.15, 0.2) is 29.8 Å². The largest absolute Gasteiger partial charge is 0.451 e. The maximum absolute atomic E-state index is 13.6. The summed E-state index contributed by atoms with van der Waals surface area (Å²) in [6.45, 7) is 3.08. The Balaban J connectivity index is 1.66. The van der Waals surface area contributed by atoms with Gasteiger partial charge in [0.2, 0.25) is 0 Å². The molecule has 150 valence electrons. The molecule has 6 nitrogen and oxygen atoms in total. The molecule has 0 spiro atoms. The fraction of sp³-hybridized carbons (Fsp3) is 0.286. The van der Waals surface area contributed by atoms with Gasteiger partial charge in [-0.25, -0.2) is 13.6 Å². The molecule has 1 N–H and O–H groups in total. The van der Waals surface area contributed by atoms with E-state index in [-0.39, 0.29) is 5.57 Å². The van der Waals surface area contributed by atoms with Gasteiger partial charge in [0.25, 0.3) is 5.91 Å². The average Bonchev–Trinajstić information content (AvgIpc) is 3.46. The first-order valence-electron chi connectivity index (χ1n) is 9.03. The molecule has 0 radical (unpaired) electrons. The van der Waals surface area contributed by atoms with Gasteiger partial charge in [0.05, 0.1) is 0 Å². The van der Waals surface area contributed by atoms with Gasteiger partial charge >= 0.3 is 5.97 Å². The molecule has 1 aromatic carbocycles. The number of hydrogen-bond donors (Lipinski definition) is 1. The zero-order valence-corrected chi connectivity index (χ0v) is 16.0. The summed E-state index contributed by atoms with van der Waals surface area (Å²) in [6.07, 6.45) is 3.62. The minimum Gasteiger partial charge on any atom is -0.451 e. The molecule has 1 amide bonds. The molecule has 0 aliphatic heterocycles. The topological polar surface area (TPSA) is 84.1 Å². The molecule has 3 rings (SSSR count). The predicted molar refractivity (Wildman–Crippen MR) is 102 cm³/mol. The number of nitriles is 1. The van der Waals surface area contributed by atoms with E-state index < -0.39 is 35.8 Å². The third-order valence-corrected chi connectivity index (χ3v) is 4.64. The van der Waals surface area contributed by atoms with Crippen molar-refractivity contribution in [2.75, 3.05) is 11.9 Å². The van der Waals surface area contributed by atoms with Gasteiger partial charge in [-0.15, -0.1) is 0 Å². The summed E-state index contributed by atoms with van der Waals surface area (Å²) in [5.41, 5.74) is 1.80. The van der Waals surface area contributed by atoms with Crippen LogP contribution in [0.25, 0.3) is 6.08 Å². The third kappa shape index (κ3) is 4.51. The SMILES string of the molecule is Cc1cc(/C=C(\C#N)C(=O)OCC(=O)Nc2c(F)cccc2F)c(C)n1C1CC1. The van der Waals surface area contributed by atoms with E-state index in [4.69, 9.17) is 4.74 Å². The second-order valence-corrected chi connectivity index (χ2v) is 6.82. The number of aromatic nitrogens is 1. The molecule has 8 heteroatoms. The van der Waals surface area contributed by atoms with Gasteiger partial charge in [-0.05, 0) is 56.5 Å². The number of esters is 1. The number of hydrogen-bond acceptors (Lipinski definition) is 4. The highest BCUT2D eigenvalue weighted by Crippen LogP contribution is 2.38. The molecule has 0 atom stereocenters. The van der Waals surface area contributed by atoms with Crippen LogP contribution in [0.3, 0.4) is 0 Å². The molecule has 0 unspecified atom stereocenters. The van der Waals surface area contributed by atoms with E-state index in [0.29, 0.717) is 6.04 Å². The third-order valence-electron chi connectivity index (χ3n) is 4.64. The van der Waals surface area contributed by atoms with Gasteiger partial charge < -0.3 is 14.6 Å². The van der Waals surface area contributed by atoms with Crippen molar-refractivity contribution >= 4 is 23.6 Å². The molecule has 1 aliphatic rings. The molecule has 1 fully saturated rings. The Kier molecular flexibility index (Phi) is 5.78. The predicted octanol–water partition coefficient (Wildman–Crippen LogP) is 3.81. The van der Waals surface area contributed by atoms with Crippen molar-refractivity contribution in [3.63, 3.8) is 0 Å². The Bertz CT molecular complexity index is 1030. The van der Waals surface area contributed by atoms with E-state index in [2.05, 4.69) is 4.57 Å². The molecule has 1 aromatic heterocycles. The Hall–Kier alpha value is -3.47. The molecule has 0 saturated heterocycles. The van der Waals surface area contributed by atoms with Crippen molar-refractivity contribution < 1.29 is 23.1 Å². The number of rotatable bonds is 6. The van der Waals surface area contributed by atoms with Crippen LogP contribution in [0, 0.1) is 36.8 Å². The Morgan fingerprint density at radius 3 is 2.55 bits per heavy atom. The zero-order valence-electron chi connectivity index (χ0n) is 16.0. The number of carbonyl (C=O) groups is 2. The minimum absolute atomic E-state index is 0.272. The number of aryl methyl sites for hydroxylation is 1. The summed E-state index contributed by atoms with van der Waals surface area (Å²) in [7, 11) is 0. The first kappa shape index (κ1) is 20.3. The number of nitrogens with zero attached hydrogens (tertiary/aromatic N) is 2. The average molecular weight is 399 g/mol. The molecule has 2 aromatic rings. The number of para-hydroxylation sites is 1. The number of nitrogens with one attached hydrogen (secondary N) is 1. The quantitative estimate of drug-likeness (QED) is 0.455. The van der Waals surface area contributed by atoms with Crippen LogP contribution >= 0.6 is 0 Å². The highest BCUT2D eigenvalue weighted by atomic mass is 19.1. The fourth-order valence-corrected chi connectivity index (χ4v) is 3.14. The molecule has 1 saturated carbocycles. The number of amides is 1. The van der Waals surface area contributed by atoms with Crippen LogP contribution in [0.4, 0.5) is 14.5 Å².